The number of carbonyl (C=O) groups is 1. The SMILES string of the molecule is CCOP(=O)(OCC)C(=O)Cc1cc(CCc2ccccc2)ncn1. The van der Waals surface area contributed by atoms with Crippen LogP contribution in [0.25, 0.3) is 0 Å². The summed E-state index contributed by atoms with van der Waals surface area (Å²) in [6, 6.07) is 11.9. The maximum atomic E-state index is 12.5. The maximum Gasteiger partial charge on any atom is 0.397 e. The van der Waals surface area contributed by atoms with Gasteiger partial charge in [-0.05, 0) is 38.3 Å². The second kappa shape index (κ2) is 9.56. The molecule has 0 aliphatic carbocycles. The molecule has 0 amide bonds. The van der Waals surface area contributed by atoms with Gasteiger partial charge in [-0.3, -0.25) is 9.36 Å². The summed E-state index contributed by atoms with van der Waals surface area (Å²) in [7, 11) is -3.75. The molecule has 1 heterocycles. The molecule has 0 fully saturated rings. The highest BCUT2D eigenvalue weighted by Gasteiger charge is 2.34. The molecule has 0 radical (unpaired) electrons. The minimum atomic E-state index is -3.75. The van der Waals surface area contributed by atoms with Crippen LogP contribution in [-0.2, 0) is 37.7 Å². The molecule has 0 aliphatic rings. The van der Waals surface area contributed by atoms with Crippen LogP contribution in [0.4, 0.5) is 0 Å². The van der Waals surface area contributed by atoms with Crippen LogP contribution in [0.15, 0.2) is 42.7 Å². The zero-order chi connectivity index (χ0) is 18.1. The summed E-state index contributed by atoms with van der Waals surface area (Å²) in [4.78, 5) is 20.7. The number of nitrogens with zero attached hydrogens (tertiary/aromatic N) is 2. The van der Waals surface area contributed by atoms with Crippen molar-refractivity contribution in [1.29, 1.82) is 0 Å². The van der Waals surface area contributed by atoms with Crippen molar-refractivity contribution in [2.75, 3.05) is 13.2 Å². The van der Waals surface area contributed by atoms with Crippen molar-refractivity contribution >= 4 is 13.1 Å². The number of benzene rings is 1. The van der Waals surface area contributed by atoms with Gasteiger partial charge in [-0.1, -0.05) is 30.3 Å². The highest BCUT2D eigenvalue weighted by Crippen LogP contribution is 2.49. The molecule has 1 aromatic carbocycles. The van der Waals surface area contributed by atoms with Crippen molar-refractivity contribution in [3.63, 3.8) is 0 Å². The lowest BCUT2D eigenvalue weighted by Crippen LogP contribution is -2.11. The van der Waals surface area contributed by atoms with Gasteiger partial charge in [0.2, 0.25) is 5.52 Å². The van der Waals surface area contributed by atoms with Crippen LogP contribution in [0, 0.1) is 0 Å². The maximum absolute atomic E-state index is 12.5. The molecule has 0 atom stereocenters. The highest BCUT2D eigenvalue weighted by molar-refractivity contribution is 7.71. The Balaban J connectivity index is 2.02. The fourth-order valence-corrected chi connectivity index (χ4v) is 3.77. The Morgan fingerprint density at radius 2 is 1.64 bits per heavy atom. The van der Waals surface area contributed by atoms with E-state index in [9.17, 15) is 9.36 Å². The van der Waals surface area contributed by atoms with Gasteiger partial charge in [0.1, 0.15) is 6.33 Å². The lowest BCUT2D eigenvalue weighted by molar-refractivity contribution is -0.113. The molecule has 6 nitrogen and oxygen atoms in total. The first-order valence-electron chi connectivity index (χ1n) is 8.33. The molecule has 2 rings (SSSR count). The number of hydrogen-bond acceptors (Lipinski definition) is 6. The Kier molecular flexibility index (Phi) is 7.44. The zero-order valence-electron chi connectivity index (χ0n) is 14.6. The number of aryl methyl sites for hydroxylation is 2. The number of hydrogen-bond donors (Lipinski definition) is 0. The van der Waals surface area contributed by atoms with Gasteiger partial charge in [0.15, 0.2) is 0 Å². The van der Waals surface area contributed by atoms with Gasteiger partial charge in [0.05, 0.1) is 25.3 Å². The second-order valence-corrected chi connectivity index (χ2v) is 7.40. The molecule has 2 aromatic rings. The van der Waals surface area contributed by atoms with Crippen molar-refractivity contribution in [2.45, 2.75) is 33.1 Å². The Hall–Kier alpha value is -1.88. The summed E-state index contributed by atoms with van der Waals surface area (Å²) in [6.45, 7) is 3.64. The van der Waals surface area contributed by atoms with E-state index in [0.717, 1.165) is 18.5 Å². The smallest absolute Gasteiger partial charge is 0.303 e. The van der Waals surface area contributed by atoms with Crippen LogP contribution < -0.4 is 0 Å². The van der Waals surface area contributed by atoms with E-state index < -0.39 is 13.1 Å². The van der Waals surface area contributed by atoms with E-state index >= 15 is 0 Å². The second-order valence-electron chi connectivity index (χ2n) is 5.39. The third-order valence-electron chi connectivity index (χ3n) is 3.53. The number of carbonyl (C=O) groups excluding carboxylic acids is 1. The van der Waals surface area contributed by atoms with E-state index in [0.29, 0.717) is 5.69 Å². The molecular weight excluding hydrogens is 339 g/mol. The largest absolute Gasteiger partial charge is 0.397 e. The third kappa shape index (κ3) is 5.85. The lowest BCUT2D eigenvalue weighted by Gasteiger charge is -2.15. The molecular formula is C18H23N2O4P. The summed E-state index contributed by atoms with van der Waals surface area (Å²) in [5.41, 5.74) is 1.99. The van der Waals surface area contributed by atoms with Gasteiger partial charge in [-0.2, -0.15) is 0 Å². The highest BCUT2D eigenvalue weighted by atomic mass is 31.2. The monoisotopic (exact) mass is 362 g/mol. The molecule has 0 aliphatic heterocycles. The lowest BCUT2D eigenvalue weighted by atomic mass is 10.1. The van der Waals surface area contributed by atoms with Crippen LogP contribution in [0.3, 0.4) is 0 Å². The summed E-state index contributed by atoms with van der Waals surface area (Å²) < 4.78 is 22.6. The van der Waals surface area contributed by atoms with Crippen molar-refractivity contribution in [2.24, 2.45) is 0 Å². The van der Waals surface area contributed by atoms with Crippen molar-refractivity contribution < 1.29 is 18.4 Å². The summed E-state index contributed by atoms with van der Waals surface area (Å²) in [5, 5.41) is 0. The van der Waals surface area contributed by atoms with Gasteiger partial charge in [-0.25, -0.2) is 9.97 Å². The van der Waals surface area contributed by atoms with E-state index in [1.165, 1.54) is 11.9 Å². The van der Waals surface area contributed by atoms with E-state index in [-0.39, 0.29) is 19.6 Å². The fourth-order valence-electron chi connectivity index (χ4n) is 2.37. The summed E-state index contributed by atoms with van der Waals surface area (Å²) in [5.74, 6) is 0. The minimum Gasteiger partial charge on any atom is -0.303 e. The predicted octanol–water partition coefficient (Wildman–Crippen LogP) is 3.60. The first kappa shape index (κ1) is 19.4. The van der Waals surface area contributed by atoms with Crippen LogP contribution >= 0.6 is 7.60 Å². The molecule has 0 saturated heterocycles. The summed E-state index contributed by atoms with van der Waals surface area (Å²) in [6.07, 6.45) is 2.91. The Labute approximate surface area is 148 Å². The topological polar surface area (TPSA) is 78.4 Å². The normalized spacial score (nSPS) is 11.4. The van der Waals surface area contributed by atoms with Crippen LogP contribution in [0.2, 0.25) is 0 Å². The predicted molar refractivity (Wildman–Crippen MR) is 95.5 cm³/mol. The molecule has 1 aromatic heterocycles. The molecule has 0 bridgehead atoms. The molecule has 0 saturated carbocycles. The Morgan fingerprint density at radius 3 is 2.28 bits per heavy atom. The zero-order valence-corrected chi connectivity index (χ0v) is 15.4. The van der Waals surface area contributed by atoms with Gasteiger partial charge in [0.25, 0.3) is 0 Å². The fraction of sp³-hybridized carbons (Fsp3) is 0.389. The van der Waals surface area contributed by atoms with Crippen molar-refractivity contribution in [1.82, 2.24) is 9.97 Å². The van der Waals surface area contributed by atoms with Crippen LogP contribution in [0.5, 0.6) is 0 Å². The quantitative estimate of drug-likeness (QED) is 0.601. The van der Waals surface area contributed by atoms with E-state index in [1.54, 1.807) is 19.9 Å². The first-order chi connectivity index (χ1) is 12.1. The van der Waals surface area contributed by atoms with Crippen molar-refractivity contribution in [3.8, 4) is 0 Å². The first-order valence-corrected chi connectivity index (χ1v) is 9.88. The van der Waals surface area contributed by atoms with E-state index in [4.69, 9.17) is 9.05 Å². The third-order valence-corrected chi connectivity index (χ3v) is 5.49. The van der Waals surface area contributed by atoms with Gasteiger partial charge < -0.3 is 9.05 Å². The average Bonchev–Trinajstić information content (AvgIpc) is 2.61. The van der Waals surface area contributed by atoms with Gasteiger partial charge in [0, 0.05) is 5.69 Å². The molecule has 134 valence electrons. The van der Waals surface area contributed by atoms with Crippen LogP contribution in [-0.4, -0.2) is 28.7 Å². The summed E-state index contributed by atoms with van der Waals surface area (Å²) >= 11 is 0. The van der Waals surface area contributed by atoms with E-state index in [1.807, 2.05) is 18.2 Å². The molecule has 25 heavy (non-hydrogen) atoms. The molecule has 7 heteroatoms. The molecule has 0 unspecified atom stereocenters. The van der Waals surface area contributed by atoms with Crippen LogP contribution in [0.1, 0.15) is 30.8 Å². The molecule has 0 N–H and O–H groups in total. The van der Waals surface area contributed by atoms with Gasteiger partial charge >= 0.3 is 7.60 Å². The number of rotatable bonds is 10. The van der Waals surface area contributed by atoms with Crippen molar-refractivity contribution in [3.05, 3.63) is 59.7 Å². The average molecular weight is 362 g/mol. The number of aromatic nitrogens is 2. The van der Waals surface area contributed by atoms with Gasteiger partial charge in [-0.15, -0.1) is 0 Å². The van der Waals surface area contributed by atoms with E-state index in [2.05, 4.69) is 22.1 Å². The minimum absolute atomic E-state index is 0.0991. The Morgan fingerprint density at radius 1 is 1.00 bits per heavy atom. The molecule has 0 spiro atoms. The standard InChI is InChI=1S/C18H23N2O4P/c1-3-23-25(22,24-4-2)18(21)13-17-12-16(19-14-20-17)11-10-15-8-6-5-7-9-15/h5-9,12,14H,3-4,10-11,13H2,1-2H3. The Bertz CT molecular complexity index is 727.